The first-order valence-electron chi connectivity index (χ1n) is 3.22. The summed E-state index contributed by atoms with van der Waals surface area (Å²) in [6.45, 7) is 0. The van der Waals surface area contributed by atoms with Crippen LogP contribution < -0.4 is 5.32 Å². The normalized spacial score (nSPS) is 43.6. The summed E-state index contributed by atoms with van der Waals surface area (Å²) < 4.78 is 4.77. The second-order valence-electron chi connectivity index (χ2n) is 2.67. The van der Waals surface area contributed by atoms with Gasteiger partial charge in [-0.25, -0.2) is 4.79 Å². The van der Waals surface area contributed by atoms with Crippen LogP contribution in [0.2, 0.25) is 0 Å². The van der Waals surface area contributed by atoms with E-state index in [0.29, 0.717) is 12.7 Å². The average Bonchev–Trinajstić information content (AvgIpc) is 2.44. The lowest BCUT2D eigenvalue weighted by atomic mass is 9.99. The Bertz CT molecular complexity index is 203. The van der Waals surface area contributed by atoms with Gasteiger partial charge in [-0.3, -0.25) is 5.32 Å². The summed E-state index contributed by atoms with van der Waals surface area (Å²) in [5, 5.41) is 2.80. The molecule has 0 radical (unpaired) electrons. The summed E-state index contributed by atoms with van der Waals surface area (Å²) in [6.07, 6.45) is 1.77. The molecule has 2 rings (SSSR count). The molecule has 4 nitrogen and oxygen atoms in total. The molecule has 0 saturated carbocycles. The molecular weight excluding hydrogens is 134 g/mol. The lowest BCUT2D eigenvalue weighted by molar-refractivity contribution is -0.149. The van der Waals surface area contributed by atoms with Crippen LogP contribution in [0.3, 0.4) is 0 Å². The van der Waals surface area contributed by atoms with Crippen LogP contribution in [0.5, 0.6) is 0 Å². The zero-order chi connectivity index (χ0) is 7.19. The van der Waals surface area contributed by atoms with Crippen molar-refractivity contribution >= 4 is 12.3 Å². The van der Waals surface area contributed by atoms with Crippen molar-refractivity contribution in [2.24, 2.45) is 0 Å². The predicted molar refractivity (Wildman–Crippen MR) is 31.0 cm³/mol. The Kier molecular flexibility index (Phi) is 0.922. The third-order valence-electron chi connectivity index (χ3n) is 2.03. The molecule has 2 fully saturated rings. The van der Waals surface area contributed by atoms with Gasteiger partial charge in [0, 0.05) is 6.42 Å². The van der Waals surface area contributed by atoms with E-state index >= 15 is 0 Å². The number of carbonyl (C=O) groups is 2. The number of hydrogen-bond acceptors (Lipinski definition) is 4. The number of nitrogens with one attached hydrogen (secondary N) is 1. The van der Waals surface area contributed by atoms with E-state index in [1.54, 1.807) is 0 Å². The lowest BCUT2D eigenvalue weighted by Gasteiger charge is -2.13. The van der Waals surface area contributed by atoms with Crippen LogP contribution in [-0.4, -0.2) is 24.0 Å². The molecule has 0 amide bonds. The summed E-state index contributed by atoms with van der Waals surface area (Å²) in [6, 6.07) is 0. The maximum absolute atomic E-state index is 10.9. The van der Waals surface area contributed by atoms with Crippen molar-refractivity contribution in [3.8, 4) is 0 Å². The molecule has 2 bridgehead atoms. The van der Waals surface area contributed by atoms with E-state index in [4.69, 9.17) is 4.74 Å². The molecule has 2 atom stereocenters. The lowest BCUT2D eigenvalue weighted by Crippen LogP contribution is -2.44. The van der Waals surface area contributed by atoms with E-state index in [2.05, 4.69) is 5.32 Å². The van der Waals surface area contributed by atoms with Crippen molar-refractivity contribution in [2.75, 3.05) is 0 Å². The van der Waals surface area contributed by atoms with Gasteiger partial charge >= 0.3 is 5.97 Å². The Morgan fingerprint density at radius 3 is 2.90 bits per heavy atom. The van der Waals surface area contributed by atoms with Gasteiger partial charge in [0.15, 0.2) is 18.1 Å². The molecule has 4 heteroatoms. The quantitative estimate of drug-likeness (QED) is 0.295. The monoisotopic (exact) mass is 141 g/mol. The Hall–Kier alpha value is -0.900. The Balaban J connectivity index is 2.35. The number of carbonyl (C=O) groups excluding carboxylic acids is 2. The molecule has 0 aromatic rings. The van der Waals surface area contributed by atoms with Crippen LogP contribution in [0, 0.1) is 0 Å². The summed E-state index contributed by atoms with van der Waals surface area (Å²) in [5.41, 5.74) is -0.981. The first kappa shape index (κ1) is 5.85. The van der Waals surface area contributed by atoms with E-state index in [-0.39, 0.29) is 6.23 Å². The number of esters is 1. The molecule has 2 aliphatic rings. The van der Waals surface area contributed by atoms with Gasteiger partial charge in [0.2, 0.25) is 0 Å². The molecule has 0 aromatic heterocycles. The molecule has 2 heterocycles. The smallest absolute Gasteiger partial charge is 0.335 e. The summed E-state index contributed by atoms with van der Waals surface area (Å²) in [5.74, 6) is -0.418. The average molecular weight is 141 g/mol. The number of ether oxygens (including phenoxy) is 1. The zero-order valence-electron chi connectivity index (χ0n) is 5.29. The number of aldehydes is 1. The Morgan fingerprint density at radius 2 is 2.60 bits per heavy atom. The van der Waals surface area contributed by atoms with Crippen molar-refractivity contribution in [3.05, 3.63) is 0 Å². The molecule has 0 aliphatic carbocycles. The third-order valence-corrected chi connectivity index (χ3v) is 2.03. The highest BCUT2D eigenvalue weighted by atomic mass is 16.6. The van der Waals surface area contributed by atoms with Gasteiger partial charge in [0.25, 0.3) is 0 Å². The van der Waals surface area contributed by atoms with E-state index in [9.17, 15) is 9.59 Å². The zero-order valence-corrected chi connectivity index (χ0v) is 5.29. The molecule has 1 unspecified atom stereocenters. The van der Waals surface area contributed by atoms with Crippen LogP contribution in [0.4, 0.5) is 0 Å². The number of rotatable bonds is 1. The fourth-order valence-electron chi connectivity index (χ4n) is 1.42. The highest BCUT2D eigenvalue weighted by Crippen LogP contribution is 2.30. The topological polar surface area (TPSA) is 55.4 Å². The summed E-state index contributed by atoms with van der Waals surface area (Å²) >= 11 is 0. The standard InChI is InChI=1S/C6H7NO3/c8-3-6-2-1-4(7-6)10-5(6)9/h3-4,7H,1-2H2/t4?,6-/m0/s1. The fourth-order valence-corrected chi connectivity index (χ4v) is 1.42. The Morgan fingerprint density at radius 1 is 1.80 bits per heavy atom. The van der Waals surface area contributed by atoms with E-state index in [0.717, 1.165) is 6.42 Å². The van der Waals surface area contributed by atoms with Gasteiger partial charge in [0.1, 0.15) is 0 Å². The number of hydrogen-bond donors (Lipinski definition) is 1. The highest BCUT2D eigenvalue weighted by Gasteiger charge is 2.54. The van der Waals surface area contributed by atoms with Gasteiger partial charge in [0.05, 0.1) is 0 Å². The molecule has 0 spiro atoms. The minimum Gasteiger partial charge on any atom is -0.445 e. The van der Waals surface area contributed by atoms with Gasteiger partial charge in [-0.15, -0.1) is 0 Å². The first-order chi connectivity index (χ1) is 4.77. The molecule has 10 heavy (non-hydrogen) atoms. The van der Waals surface area contributed by atoms with Crippen molar-refractivity contribution < 1.29 is 14.3 Å². The minimum absolute atomic E-state index is 0.210. The highest BCUT2D eigenvalue weighted by molar-refractivity contribution is 6.00. The van der Waals surface area contributed by atoms with Crippen LogP contribution in [0.1, 0.15) is 12.8 Å². The minimum atomic E-state index is -0.981. The van der Waals surface area contributed by atoms with Gasteiger partial charge in [-0.05, 0) is 6.42 Å². The maximum Gasteiger partial charge on any atom is 0.335 e. The third kappa shape index (κ3) is 0.495. The summed E-state index contributed by atoms with van der Waals surface area (Å²) in [4.78, 5) is 21.3. The summed E-state index contributed by atoms with van der Waals surface area (Å²) in [7, 11) is 0. The van der Waals surface area contributed by atoms with Gasteiger partial charge < -0.3 is 9.53 Å². The van der Waals surface area contributed by atoms with Crippen LogP contribution >= 0.6 is 0 Å². The van der Waals surface area contributed by atoms with E-state index < -0.39 is 11.5 Å². The van der Waals surface area contributed by atoms with Crippen molar-refractivity contribution in [3.63, 3.8) is 0 Å². The van der Waals surface area contributed by atoms with Gasteiger partial charge in [-0.1, -0.05) is 0 Å². The number of fused-ring (bicyclic) bond motifs is 2. The van der Waals surface area contributed by atoms with Crippen LogP contribution in [-0.2, 0) is 14.3 Å². The molecule has 0 aromatic carbocycles. The molecule has 2 aliphatic heterocycles. The van der Waals surface area contributed by atoms with E-state index in [1.165, 1.54) is 0 Å². The fraction of sp³-hybridized carbons (Fsp3) is 0.667. The first-order valence-corrected chi connectivity index (χ1v) is 3.22. The molecule has 2 saturated heterocycles. The van der Waals surface area contributed by atoms with Crippen LogP contribution in [0.25, 0.3) is 0 Å². The van der Waals surface area contributed by atoms with Crippen LogP contribution in [0.15, 0.2) is 0 Å². The van der Waals surface area contributed by atoms with Crippen molar-refractivity contribution in [1.29, 1.82) is 0 Å². The SMILES string of the molecule is O=C[C@]12CCC(N1)OC2=O. The Labute approximate surface area is 57.5 Å². The largest absolute Gasteiger partial charge is 0.445 e. The molecule has 1 N–H and O–H groups in total. The maximum atomic E-state index is 10.9. The second kappa shape index (κ2) is 1.58. The van der Waals surface area contributed by atoms with E-state index in [1.807, 2.05) is 0 Å². The van der Waals surface area contributed by atoms with Crippen molar-refractivity contribution in [2.45, 2.75) is 24.6 Å². The predicted octanol–water partition coefficient (Wildman–Crippen LogP) is -0.810. The molecule has 54 valence electrons. The molecular formula is C6H7NO3. The van der Waals surface area contributed by atoms with Gasteiger partial charge in [-0.2, -0.15) is 0 Å². The second-order valence-corrected chi connectivity index (χ2v) is 2.67. The van der Waals surface area contributed by atoms with Crippen molar-refractivity contribution in [1.82, 2.24) is 5.32 Å².